The molecule has 2 aromatic rings. The first kappa shape index (κ1) is 16.0. The third kappa shape index (κ3) is 3.64. The predicted octanol–water partition coefficient (Wildman–Crippen LogP) is 5.87. The van der Waals surface area contributed by atoms with Gasteiger partial charge in [-0.1, -0.05) is 40.5 Å². The van der Waals surface area contributed by atoms with Crippen molar-refractivity contribution in [2.45, 2.75) is 33.2 Å². The molecule has 1 unspecified atom stereocenters. The lowest BCUT2D eigenvalue weighted by Gasteiger charge is -2.20. The number of benzene rings is 1. The monoisotopic (exact) mass is 371 g/mol. The van der Waals surface area contributed by atoms with Crippen LogP contribution in [0.1, 0.15) is 41.0 Å². The lowest BCUT2D eigenvalue weighted by Crippen LogP contribution is -2.23. The first-order chi connectivity index (χ1) is 9.52. The summed E-state index contributed by atoms with van der Waals surface area (Å²) >= 11 is 11.4. The lowest BCUT2D eigenvalue weighted by atomic mass is 9.99. The highest BCUT2D eigenvalue weighted by Crippen LogP contribution is 2.35. The lowest BCUT2D eigenvalue weighted by molar-refractivity contribution is 0.603. The largest absolute Gasteiger partial charge is 0.306 e. The summed E-state index contributed by atoms with van der Waals surface area (Å²) in [6.07, 6.45) is 1.12. The fourth-order valence-electron chi connectivity index (χ4n) is 2.24. The van der Waals surface area contributed by atoms with Gasteiger partial charge in [-0.3, -0.25) is 0 Å². The third-order valence-corrected chi connectivity index (χ3v) is 5.42. The molecule has 0 aliphatic carbocycles. The molecule has 0 aliphatic rings. The molecular formula is C16H19BrClNS. The first-order valence-electron chi connectivity index (χ1n) is 6.78. The minimum atomic E-state index is 0.222. The standard InChI is InChI=1S/C16H19BrClNS/c1-4-7-19-15(14-9-11(3)16(18)20-14)13-6-5-12(17)8-10(13)2/h5-6,8-9,15,19H,4,7H2,1-3H3. The zero-order chi connectivity index (χ0) is 14.7. The second kappa shape index (κ2) is 7.08. The van der Waals surface area contributed by atoms with Crippen LogP contribution in [-0.2, 0) is 0 Å². The van der Waals surface area contributed by atoms with Gasteiger partial charge in [-0.25, -0.2) is 0 Å². The van der Waals surface area contributed by atoms with E-state index in [0.29, 0.717) is 0 Å². The van der Waals surface area contributed by atoms with E-state index in [2.05, 4.69) is 66.3 Å². The van der Waals surface area contributed by atoms with Crippen molar-refractivity contribution in [3.63, 3.8) is 0 Å². The number of nitrogens with one attached hydrogen (secondary N) is 1. The van der Waals surface area contributed by atoms with E-state index < -0.39 is 0 Å². The molecule has 0 spiro atoms. The molecule has 108 valence electrons. The van der Waals surface area contributed by atoms with Crippen LogP contribution in [0, 0.1) is 13.8 Å². The van der Waals surface area contributed by atoms with E-state index in [0.717, 1.165) is 27.3 Å². The molecule has 20 heavy (non-hydrogen) atoms. The van der Waals surface area contributed by atoms with Crippen molar-refractivity contribution in [1.29, 1.82) is 0 Å². The Bertz CT molecular complexity index is 575. The minimum Gasteiger partial charge on any atom is -0.306 e. The highest BCUT2D eigenvalue weighted by molar-refractivity contribution is 9.10. The normalized spacial score (nSPS) is 12.7. The van der Waals surface area contributed by atoms with Crippen LogP contribution in [0.3, 0.4) is 0 Å². The summed E-state index contributed by atoms with van der Waals surface area (Å²) in [6.45, 7) is 7.40. The Morgan fingerprint density at radius 3 is 2.55 bits per heavy atom. The smallest absolute Gasteiger partial charge is 0.0961 e. The van der Waals surface area contributed by atoms with E-state index in [-0.39, 0.29) is 6.04 Å². The molecule has 0 bridgehead atoms. The second-order valence-corrected chi connectivity index (χ2v) is 7.60. The van der Waals surface area contributed by atoms with Gasteiger partial charge in [0, 0.05) is 9.35 Å². The van der Waals surface area contributed by atoms with Gasteiger partial charge in [0.05, 0.1) is 10.4 Å². The van der Waals surface area contributed by atoms with Gasteiger partial charge in [0.15, 0.2) is 0 Å². The molecule has 1 heterocycles. The van der Waals surface area contributed by atoms with E-state index in [1.54, 1.807) is 11.3 Å². The quantitative estimate of drug-likeness (QED) is 0.692. The van der Waals surface area contributed by atoms with E-state index in [4.69, 9.17) is 11.6 Å². The van der Waals surface area contributed by atoms with Crippen LogP contribution < -0.4 is 5.32 Å². The van der Waals surface area contributed by atoms with Crippen molar-refractivity contribution < 1.29 is 0 Å². The summed E-state index contributed by atoms with van der Waals surface area (Å²) in [5.74, 6) is 0. The van der Waals surface area contributed by atoms with Crippen LogP contribution in [0.2, 0.25) is 4.34 Å². The maximum atomic E-state index is 6.24. The van der Waals surface area contributed by atoms with Gasteiger partial charge in [0.25, 0.3) is 0 Å². The van der Waals surface area contributed by atoms with E-state index >= 15 is 0 Å². The number of thiophene rings is 1. The second-order valence-electron chi connectivity index (χ2n) is 4.99. The molecule has 0 aliphatic heterocycles. The van der Waals surface area contributed by atoms with Gasteiger partial charge in [0.2, 0.25) is 0 Å². The van der Waals surface area contributed by atoms with Crippen LogP contribution >= 0.6 is 38.9 Å². The van der Waals surface area contributed by atoms with E-state index in [1.165, 1.54) is 16.0 Å². The molecule has 0 amide bonds. The van der Waals surface area contributed by atoms with Gasteiger partial charge in [-0.15, -0.1) is 11.3 Å². The molecule has 2 rings (SSSR count). The summed E-state index contributed by atoms with van der Waals surface area (Å²) in [4.78, 5) is 1.28. The van der Waals surface area contributed by atoms with Crippen molar-refractivity contribution in [3.05, 3.63) is 54.6 Å². The van der Waals surface area contributed by atoms with Crippen molar-refractivity contribution in [2.75, 3.05) is 6.54 Å². The van der Waals surface area contributed by atoms with Crippen LogP contribution in [0.5, 0.6) is 0 Å². The van der Waals surface area contributed by atoms with Crippen LogP contribution in [0.15, 0.2) is 28.7 Å². The maximum absolute atomic E-state index is 6.24. The summed E-state index contributed by atoms with van der Waals surface area (Å²) in [5, 5.41) is 3.64. The fourth-order valence-corrected chi connectivity index (χ4v) is 4.03. The van der Waals surface area contributed by atoms with E-state index in [9.17, 15) is 0 Å². The Hall–Kier alpha value is -0.350. The molecule has 1 nitrogen and oxygen atoms in total. The Morgan fingerprint density at radius 1 is 1.25 bits per heavy atom. The fraction of sp³-hybridized carbons (Fsp3) is 0.375. The SMILES string of the molecule is CCCNC(c1cc(C)c(Cl)s1)c1ccc(Br)cc1C. The highest BCUT2D eigenvalue weighted by Gasteiger charge is 2.18. The molecule has 0 saturated heterocycles. The number of hydrogen-bond donors (Lipinski definition) is 1. The van der Waals surface area contributed by atoms with Crippen LogP contribution in [0.4, 0.5) is 0 Å². The van der Waals surface area contributed by atoms with Crippen LogP contribution in [-0.4, -0.2) is 6.54 Å². The first-order valence-corrected chi connectivity index (χ1v) is 8.77. The molecule has 1 aromatic carbocycles. The number of hydrogen-bond acceptors (Lipinski definition) is 2. The van der Waals surface area contributed by atoms with Crippen molar-refractivity contribution >= 4 is 38.9 Å². The number of aryl methyl sites for hydroxylation is 2. The zero-order valence-electron chi connectivity index (χ0n) is 12.0. The summed E-state index contributed by atoms with van der Waals surface area (Å²) < 4.78 is 2.01. The number of rotatable bonds is 5. The average Bonchev–Trinajstić information content (AvgIpc) is 2.72. The average molecular weight is 373 g/mol. The summed E-state index contributed by atoms with van der Waals surface area (Å²) in [5.41, 5.74) is 3.76. The van der Waals surface area contributed by atoms with E-state index in [1.807, 2.05) is 0 Å². The summed E-state index contributed by atoms with van der Waals surface area (Å²) in [7, 11) is 0. The summed E-state index contributed by atoms with van der Waals surface area (Å²) in [6, 6.07) is 8.87. The van der Waals surface area contributed by atoms with Gasteiger partial charge in [0.1, 0.15) is 0 Å². The Kier molecular flexibility index (Phi) is 5.67. The third-order valence-electron chi connectivity index (χ3n) is 3.30. The molecule has 1 aromatic heterocycles. The minimum absolute atomic E-state index is 0.222. The van der Waals surface area contributed by atoms with Crippen molar-refractivity contribution in [1.82, 2.24) is 5.32 Å². The maximum Gasteiger partial charge on any atom is 0.0961 e. The number of halogens is 2. The van der Waals surface area contributed by atoms with Crippen molar-refractivity contribution in [3.8, 4) is 0 Å². The predicted molar refractivity (Wildman–Crippen MR) is 93.1 cm³/mol. The Morgan fingerprint density at radius 2 is 2.00 bits per heavy atom. The van der Waals surface area contributed by atoms with Gasteiger partial charge >= 0.3 is 0 Å². The highest BCUT2D eigenvalue weighted by atomic mass is 79.9. The van der Waals surface area contributed by atoms with Gasteiger partial charge in [-0.05, 0) is 61.7 Å². The van der Waals surface area contributed by atoms with Gasteiger partial charge < -0.3 is 5.32 Å². The molecule has 1 N–H and O–H groups in total. The Balaban J connectivity index is 2.41. The van der Waals surface area contributed by atoms with Crippen LogP contribution in [0.25, 0.3) is 0 Å². The zero-order valence-corrected chi connectivity index (χ0v) is 15.1. The molecule has 0 radical (unpaired) electrons. The molecule has 4 heteroatoms. The molecule has 0 saturated carbocycles. The molecule has 0 fully saturated rings. The topological polar surface area (TPSA) is 12.0 Å². The molecular weight excluding hydrogens is 354 g/mol. The van der Waals surface area contributed by atoms with Gasteiger partial charge in [-0.2, -0.15) is 0 Å². The molecule has 1 atom stereocenters. The van der Waals surface area contributed by atoms with Crippen molar-refractivity contribution in [2.24, 2.45) is 0 Å². The Labute approximate surface area is 138 Å².